The fourth-order valence-corrected chi connectivity index (χ4v) is 3.46. The van der Waals surface area contributed by atoms with Gasteiger partial charge in [0.1, 0.15) is 5.25 Å². The van der Waals surface area contributed by atoms with Gasteiger partial charge in [0.25, 0.3) is 0 Å². The van der Waals surface area contributed by atoms with E-state index in [1.165, 1.54) is 11.8 Å². The zero-order valence-electron chi connectivity index (χ0n) is 15.0. The van der Waals surface area contributed by atoms with Gasteiger partial charge in [-0.3, -0.25) is 9.36 Å². The van der Waals surface area contributed by atoms with Gasteiger partial charge in [-0.15, -0.1) is 10.2 Å². The van der Waals surface area contributed by atoms with Gasteiger partial charge in [0.15, 0.2) is 11.0 Å². The summed E-state index contributed by atoms with van der Waals surface area (Å²) in [6.45, 7) is 6.03. The second-order valence-electron chi connectivity index (χ2n) is 5.86. The number of nitrogens with zero attached hydrogens (tertiary/aromatic N) is 3. The molecule has 0 radical (unpaired) electrons. The Labute approximate surface area is 157 Å². The van der Waals surface area contributed by atoms with Gasteiger partial charge in [0.05, 0.1) is 6.61 Å². The van der Waals surface area contributed by atoms with Gasteiger partial charge in [-0.05, 0) is 39.0 Å². The highest BCUT2D eigenvalue weighted by Crippen LogP contribution is 2.30. The molecule has 3 aromatic rings. The van der Waals surface area contributed by atoms with Crippen molar-refractivity contribution in [3.8, 4) is 17.1 Å². The van der Waals surface area contributed by atoms with Crippen LogP contribution in [-0.2, 0) is 9.53 Å². The Balaban J connectivity index is 2.04. The van der Waals surface area contributed by atoms with Crippen molar-refractivity contribution in [1.29, 1.82) is 0 Å². The van der Waals surface area contributed by atoms with Crippen LogP contribution in [0.4, 0.5) is 0 Å². The lowest BCUT2D eigenvalue weighted by Crippen LogP contribution is -2.17. The molecule has 1 heterocycles. The van der Waals surface area contributed by atoms with Crippen LogP contribution in [0.25, 0.3) is 17.1 Å². The summed E-state index contributed by atoms with van der Waals surface area (Å²) in [6.07, 6.45) is 0. The predicted molar refractivity (Wildman–Crippen MR) is 103 cm³/mol. The third-order valence-corrected chi connectivity index (χ3v) is 4.85. The summed E-state index contributed by atoms with van der Waals surface area (Å²) in [4.78, 5) is 12.0. The van der Waals surface area contributed by atoms with E-state index in [1.54, 1.807) is 6.92 Å². The van der Waals surface area contributed by atoms with Crippen LogP contribution in [0, 0.1) is 6.92 Å². The first-order chi connectivity index (χ1) is 12.6. The molecule has 0 spiro atoms. The van der Waals surface area contributed by atoms with Crippen molar-refractivity contribution in [1.82, 2.24) is 14.8 Å². The van der Waals surface area contributed by atoms with Crippen LogP contribution in [0.1, 0.15) is 19.4 Å². The number of hydrogen-bond donors (Lipinski definition) is 0. The zero-order chi connectivity index (χ0) is 18.5. The van der Waals surface area contributed by atoms with Crippen molar-refractivity contribution in [2.24, 2.45) is 0 Å². The highest BCUT2D eigenvalue weighted by molar-refractivity contribution is 8.00. The third kappa shape index (κ3) is 3.96. The van der Waals surface area contributed by atoms with Gasteiger partial charge >= 0.3 is 5.97 Å². The number of carbonyl (C=O) groups is 1. The first kappa shape index (κ1) is 18.2. The molecule has 0 N–H and O–H groups in total. The first-order valence-electron chi connectivity index (χ1n) is 8.51. The molecule has 0 amide bonds. The Morgan fingerprint density at radius 3 is 2.62 bits per heavy atom. The van der Waals surface area contributed by atoms with E-state index in [2.05, 4.69) is 16.3 Å². The van der Waals surface area contributed by atoms with Gasteiger partial charge in [-0.25, -0.2) is 0 Å². The van der Waals surface area contributed by atoms with Crippen LogP contribution in [0.2, 0.25) is 0 Å². The second kappa shape index (κ2) is 8.19. The molecule has 0 unspecified atom stereocenters. The Morgan fingerprint density at radius 1 is 1.15 bits per heavy atom. The van der Waals surface area contributed by atoms with E-state index in [-0.39, 0.29) is 11.2 Å². The molecular weight excluding hydrogens is 346 g/mol. The van der Waals surface area contributed by atoms with Crippen LogP contribution < -0.4 is 0 Å². The van der Waals surface area contributed by atoms with Crippen molar-refractivity contribution < 1.29 is 9.53 Å². The number of para-hydroxylation sites is 1. The number of rotatable bonds is 6. The van der Waals surface area contributed by atoms with Crippen molar-refractivity contribution in [3.63, 3.8) is 0 Å². The van der Waals surface area contributed by atoms with E-state index in [0.29, 0.717) is 11.8 Å². The molecule has 134 valence electrons. The highest BCUT2D eigenvalue weighted by Gasteiger charge is 2.22. The van der Waals surface area contributed by atoms with E-state index in [0.717, 1.165) is 22.6 Å². The maximum Gasteiger partial charge on any atom is 0.319 e. The number of hydrogen-bond acceptors (Lipinski definition) is 5. The minimum absolute atomic E-state index is 0.253. The predicted octanol–water partition coefficient (Wildman–Crippen LogP) is 4.29. The number of benzene rings is 2. The number of thioether (sulfide) groups is 1. The lowest BCUT2D eigenvalue weighted by atomic mass is 10.1. The Bertz CT molecular complexity index is 893. The van der Waals surface area contributed by atoms with Crippen molar-refractivity contribution in [3.05, 3.63) is 60.2 Å². The van der Waals surface area contributed by atoms with Crippen LogP contribution in [0.3, 0.4) is 0 Å². The standard InChI is InChI=1S/C20H21N3O2S/c1-4-25-19(24)15(3)26-20-22-21-18(16-10-8-9-14(2)13-16)23(20)17-11-6-5-7-12-17/h5-13,15H,4H2,1-3H3/t15-/m0/s1. The number of aryl methyl sites for hydroxylation is 1. The minimum Gasteiger partial charge on any atom is -0.465 e. The fourth-order valence-electron chi connectivity index (χ4n) is 2.59. The molecule has 1 atom stereocenters. The smallest absolute Gasteiger partial charge is 0.319 e. The summed E-state index contributed by atoms with van der Waals surface area (Å²) in [5.41, 5.74) is 3.09. The van der Waals surface area contributed by atoms with Gasteiger partial charge in [0.2, 0.25) is 0 Å². The molecular formula is C20H21N3O2S. The highest BCUT2D eigenvalue weighted by atomic mass is 32.2. The maximum absolute atomic E-state index is 12.0. The maximum atomic E-state index is 12.0. The van der Waals surface area contributed by atoms with E-state index in [4.69, 9.17) is 4.74 Å². The number of carbonyl (C=O) groups excluding carboxylic acids is 1. The van der Waals surface area contributed by atoms with Crippen LogP contribution in [-0.4, -0.2) is 32.6 Å². The average Bonchev–Trinajstić information content (AvgIpc) is 3.06. The summed E-state index contributed by atoms with van der Waals surface area (Å²) in [6, 6.07) is 18.1. The molecule has 0 aliphatic rings. The molecule has 0 aliphatic carbocycles. The molecule has 0 fully saturated rings. The molecule has 0 bridgehead atoms. The van der Waals surface area contributed by atoms with Gasteiger partial charge in [0, 0.05) is 11.3 Å². The Morgan fingerprint density at radius 2 is 1.92 bits per heavy atom. The monoisotopic (exact) mass is 367 g/mol. The molecule has 2 aromatic carbocycles. The summed E-state index contributed by atoms with van der Waals surface area (Å²) >= 11 is 1.35. The molecule has 1 aromatic heterocycles. The SMILES string of the molecule is CCOC(=O)[C@H](C)Sc1nnc(-c2cccc(C)c2)n1-c1ccccc1. The zero-order valence-corrected chi connectivity index (χ0v) is 15.9. The fraction of sp³-hybridized carbons (Fsp3) is 0.250. The average molecular weight is 367 g/mol. The topological polar surface area (TPSA) is 57.0 Å². The number of esters is 1. The minimum atomic E-state index is -0.369. The summed E-state index contributed by atoms with van der Waals surface area (Å²) in [5.74, 6) is 0.496. The number of ether oxygens (including phenoxy) is 1. The van der Waals surface area contributed by atoms with Crippen molar-refractivity contribution >= 4 is 17.7 Å². The molecule has 0 saturated heterocycles. The van der Waals surface area contributed by atoms with E-state index in [1.807, 2.05) is 66.9 Å². The van der Waals surface area contributed by atoms with E-state index < -0.39 is 0 Å². The first-order valence-corrected chi connectivity index (χ1v) is 9.39. The lowest BCUT2D eigenvalue weighted by molar-refractivity contribution is -0.142. The van der Waals surface area contributed by atoms with Gasteiger partial charge < -0.3 is 4.74 Å². The van der Waals surface area contributed by atoms with Crippen LogP contribution >= 0.6 is 11.8 Å². The van der Waals surface area contributed by atoms with Crippen LogP contribution in [0.15, 0.2) is 59.8 Å². The third-order valence-electron chi connectivity index (χ3n) is 3.82. The Hall–Kier alpha value is -2.60. The molecule has 6 heteroatoms. The lowest BCUT2D eigenvalue weighted by Gasteiger charge is -2.13. The second-order valence-corrected chi connectivity index (χ2v) is 7.17. The van der Waals surface area contributed by atoms with Gasteiger partial charge in [-0.2, -0.15) is 0 Å². The Kier molecular flexibility index (Phi) is 5.73. The largest absolute Gasteiger partial charge is 0.465 e. The molecule has 0 aliphatic heterocycles. The quantitative estimate of drug-likeness (QED) is 0.481. The van der Waals surface area contributed by atoms with Crippen LogP contribution in [0.5, 0.6) is 0 Å². The summed E-state index contributed by atoms with van der Waals surface area (Å²) < 4.78 is 7.09. The molecule has 3 rings (SSSR count). The number of aromatic nitrogens is 3. The van der Waals surface area contributed by atoms with E-state index >= 15 is 0 Å². The van der Waals surface area contributed by atoms with Crippen molar-refractivity contribution in [2.75, 3.05) is 6.61 Å². The van der Waals surface area contributed by atoms with E-state index in [9.17, 15) is 4.79 Å². The molecule has 26 heavy (non-hydrogen) atoms. The molecule has 0 saturated carbocycles. The normalized spacial score (nSPS) is 12.0. The molecule has 5 nitrogen and oxygen atoms in total. The van der Waals surface area contributed by atoms with Gasteiger partial charge in [-0.1, -0.05) is 53.7 Å². The summed E-state index contributed by atoms with van der Waals surface area (Å²) in [7, 11) is 0. The van der Waals surface area contributed by atoms with Crippen molar-refractivity contribution in [2.45, 2.75) is 31.2 Å². The summed E-state index contributed by atoms with van der Waals surface area (Å²) in [5, 5.41) is 9.04.